The molecule has 11 heavy (non-hydrogen) atoms. The minimum Gasteiger partial charge on any atom is -0.484 e. The van der Waals surface area contributed by atoms with Crippen LogP contribution < -0.4 is 0 Å². The average Bonchev–Trinajstić information content (AvgIpc) is 1.83. The highest BCUT2D eigenvalue weighted by molar-refractivity contribution is 5.78. The van der Waals surface area contributed by atoms with Crippen LogP contribution in [-0.2, 0) is 4.74 Å². The van der Waals surface area contributed by atoms with Gasteiger partial charge in [-0.15, -0.1) is 0 Å². The van der Waals surface area contributed by atoms with Gasteiger partial charge in [0.15, 0.2) is 5.90 Å². The largest absolute Gasteiger partial charge is 0.484 e. The van der Waals surface area contributed by atoms with Crippen LogP contribution >= 0.6 is 0 Å². The van der Waals surface area contributed by atoms with E-state index in [1.807, 2.05) is 13.8 Å². The number of hydrogen-bond acceptors (Lipinski definition) is 2. The third-order valence-electron chi connectivity index (χ3n) is 1.74. The molecule has 0 fully saturated rings. The Hall–Kier alpha value is -0.530. The molecule has 0 aliphatic carbocycles. The van der Waals surface area contributed by atoms with Crippen LogP contribution in [0.4, 0.5) is 0 Å². The summed E-state index contributed by atoms with van der Waals surface area (Å²) >= 11 is 0. The normalized spacial score (nSPS) is 11.8. The maximum atomic E-state index is 7.51. The molecule has 0 aromatic carbocycles. The van der Waals surface area contributed by atoms with Gasteiger partial charge >= 0.3 is 0 Å². The van der Waals surface area contributed by atoms with Gasteiger partial charge in [0.2, 0.25) is 0 Å². The standard InChI is InChI=1S/C9H19NO/c1-7(2)6-9(3,4)8(10)11-5/h7,10H,6H2,1-5H3. The second-order valence-corrected chi connectivity index (χ2v) is 4.02. The predicted molar refractivity (Wildman–Crippen MR) is 48.0 cm³/mol. The van der Waals surface area contributed by atoms with Crippen molar-refractivity contribution in [3.05, 3.63) is 0 Å². The summed E-state index contributed by atoms with van der Waals surface area (Å²) in [4.78, 5) is 0. The predicted octanol–water partition coefficient (Wildman–Crippen LogP) is 2.68. The lowest BCUT2D eigenvalue weighted by Crippen LogP contribution is -2.26. The van der Waals surface area contributed by atoms with Crippen LogP contribution in [0.1, 0.15) is 34.1 Å². The van der Waals surface area contributed by atoms with Crippen LogP contribution in [0.5, 0.6) is 0 Å². The molecule has 2 heteroatoms. The van der Waals surface area contributed by atoms with Gasteiger partial charge in [-0.1, -0.05) is 27.7 Å². The minimum atomic E-state index is -0.108. The molecule has 0 atom stereocenters. The monoisotopic (exact) mass is 157 g/mol. The molecular weight excluding hydrogens is 138 g/mol. The number of ether oxygens (including phenoxy) is 1. The van der Waals surface area contributed by atoms with Gasteiger partial charge in [0.25, 0.3) is 0 Å². The average molecular weight is 157 g/mol. The zero-order valence-electron chi connectivity index (χ0n) is 8.19. The first-order valence-electron chi connectivity index (χ1n) is 4.03. The van der Waals surface area contributed by atoms with Gasteiger partial charge in [0.1, 0.15) is 0 Å². The lowest BCUT2D eigenvalue weighted by Gasteiger charge is -2.25. The summed E-state index contributed by atoms with van der Waals surface area (Å²) in [7, 11) is 1.56. The van der Waals surface area contributed by atoms with Crippen LogP contribution in [0, 0.1) is 16.7 Å². The smallest absolute Gasteiger partial charge is 0.185 e. The van der Waals surface area contributed by atoms with Gasteiger partial charge in [-0.25, -0.2) is 0 Å². The van der Waals surface area contributed by atoms with E-state index >= 15 is 0 Å². The Morgan fingerprint density at radius 2 is 1.91 bits per heavy atom. The molecule has 0 aromatic rings. The van der Waals surface area contributed by atoms with Gasteiger partial charge < -0.3 is 4.74 Å². The lowest BCUT2D eigenvalue weighted by atomic mass is 9.84. The fraction of sp³-hybridized carbons (Fsp3) is 0.889. The Morgan fingerprint density at radius 3 is 2.18 bits per heavy atom. The first-order chi connectivity index (χ1) is 4.90. The Bertz CT molecular complexity index is 138. The summed E-state index contributed by atoms with van der Waals surface area (Å²) in [6.07, 6.45) is 1.000. The first-order valence-corrected chi connectivity index (χ1v) is 4.03. The Morgan fingerprint density at radius 1 is 1.45 bits per heavy atom. The molecule has 0 spiro atoms. The van der Waals surface area contributed by atoms with E-state index in [1.54, 1.807) is 7.11 Å². The molecule has 0 amide bonds. The number of methoxy groups -OCH3 is 1. The molecule has 0 saturated heterocycles. The van der Waals surface area contributed by atoms with Crippen molar-refractivity contribution in [3.8, 4) is 0 Å². The fourth-order valence-electron chi connectivity index (χ4n) is 1.39. The van der Waals surface area contributed by atoms with Crippen LogP contribution in [-0.4, -0.2) is 13.0 Å². The molecular formula is C9H19NO. The van der Waals surface area contributed by atoms with Crippen LogP contribution in [0.3, 0.4) is 0 Å². The Balaban J connectivity index is 4.09. The van der Waals surface area contributed by atoms with E-state index in [0.717, 1.165) is 6.42 Å². The van der Waals surface area contributed by atoms with Crippen molar-refractivity contribution in [1.29, 1.82) is 5.41 Å². The minimum absolute atomic E-state index is 0.108. The highest BCUT2D eigenvalue weighted by Gasteiger charge is 2.25. The molecule has 1 N–H and O–H groups in total. The summed E-state index contributed by atoms with van der Waals surface area (Å²) < 4.78 is 4.90. The van der Waals surface area contributed by atoms with Crippen LogP contribution in [0.15, 0.2) is 0 Å². The van der Waals surface area contributed by atoms with Crippen molar-refractivity contribution in [2.75, 3.05) is 7.11 Å². The van der Waals surface area contributed by atoms with Crippen molar-refractivity contribution in [2.45, 2.75) is 34.1 Å². The van der Waals surface area contributed by atoms with E-state index in [9.17, 15) is 0 Å². The summed E-state index contributed by atoms with van der Waals surface area (Å²) in [5.41, 5.74) is -0.108. The van der Waals surface area contributed by atoms with E-state index in [1.165, 1.54) is 0 Å². The van der Waals surface area contributed by atoms with Gasteiger partial charge in [0, 0.05) is 5.41 Å². The van der Waals surface area contributed by atoms with Gasteiger partial charge in [0.05, 0.1) is 7.11 Å². The van der Waals surface area contributed by atoms with Crippen molar-refractivity contribution < 1.29 is 4.74 Å². The van der Waals surface area contributed by atoms with Gasteiger partial charge in [-0.3, -0.25) is 5.41 Å². The highest BCUT2D eigenvalue weighted by Crippen LogP contribution is 2.26. The second-order valence-electron chi connectivity index (χ2n) is 4.02. The Labute approximate surface area is 69.5 Å². The summed E-state index contributed by atoms with van der Waals surface area (Å²) in [6.45, 7) is 8.40. The van der Waals surface area contributed by atoms with Crippen molar-refractivity contribution in [3.63, 3.8) is 0 Å². The maximum absolute atomic E-state index is 7.51. The van der Waals surface area contributed by atoms with Crippen molar-refractivity contribution in [2.24, 2.45) is 11.3 Å². The zero-order valence-corrected chi connectivity index (χ0v) is 8.19. The van der Waals surface area contributed by atoms with E-state index in [0.29, 0.717) is 11.8 Å². The van der Waals surface area contributed by atoms with Crippen LogP contribution in [0.2, 0.25) is 0 Å². The molecule has 0 unspecified atom stereocenters. The quantitative estimate of drug-likeness (QED) is 0.496. The molecule has 0 rings (SSSR count). The van der Waals surface area contributed by atoms with Gasteiger partial charge in [-0.2, -0.15) is 0 Å². The van der Waals surface area contributed by atoms with Gasteiger partial charge in [-0.05, 0) is 12.3 Å². The number of rotatable bonds is 3. The molecule has 0 bridgehead atoms. The third kappa shape index (κ3) is 3.40. The summed E-state index contributed by atoms with van der Waals surface area (Å²) in [6, 6.07) is 0. The molecule has 0 saturated carbocycles. The molecule has 2 nitrogen and oxygen atoms in total. The number of nitrogens with one attached hydrogen (secondary N) is 1. The first kappa shape index (κ1) is 10.5. The van der Waals surface area contributed by atoms with Crippen molar-refractivity contribution >= 4 is 5.90 Å². The molecule has 0 aliphatic heterocycles. The highest BCUT2D eigenvalue weighted by atomic mass is 16.5. The lowest BCUT2D eigenvalue weighted by molar-refractivity contribution is 0.286. The topological polar surface area (TPSA) is 33.1 Å². The van der Waals surface area contributed by atoms with E-state index in [2.05, 4.69) is 13.8 Å². The molecule has 66 valence electrons. The van der Waals surface area contributed by atoms with E-state index < -0.39 is 0 Å². The third-order valence-corrected chi connectivity index (χ3v) is 1.74. The molecule has 0 aromatic heterocycles. The summed E-state index contributed by atoms with van der Waals surface area (Å²) in [5, 5.41) is 7.51. The van der Waals surface area contributed by atoms with E-state index in [4.69, 9.17) is 10.1 Å². The molecule has 0 radical (unpaired) electrons. The second kappa shape index (κ2) is 3.74. The van der Waals surface area contributed by atoms with Crippen LogP contribution in [0.25, 0.3) is 0 Å². The number of hydrogen-bond donors (Lipinski definition) is 1. The fourth-order valence-corrected chi connectivity index (χ4v) is 1.39. The maximum Gasteiger partial charge on any atom is 0.185 e. The zero-order chi connectivity index (χ0) is 9.07. The summed E-state index contributed by atoms with van der Waals surface area (Å²) in [5.74, 6) is 0.992. The molecule has 0 heterocycles. The molecule has 0 aliphatic rings. The SMILES string of the molecule is COC(=N)C(C)(C)CC(C)C. The Kier molecular flexibility index (Phi) is 3.56. The van der Waals surface area contributed by atoms with E-state index in [-0.39, 0.29) is 5.41 Å². The van der Waals surface area contributed by atoms with Crippen molar-refractivity contribution in [1.82, 2.24) is 0 Å².